The molecule has 0 spiro atoms. The smallest absolute Gasteiger partial charge is 0.129 e. The lowest BCUT2D eigenvalue weighted by Gasteiger charge is -2.08. The van der Waals surface area contributed by atoms with Crippen molar-refractivity contribution in [3.05, 3.63) is 52.4 Å². The van der Waals surface area contributed by atoms with Crippen LogP contribution in [0.2, 0.25) is 0 Å². The van der Waals surface area contributed by atoms with Gasteiger partial charge in [-0.3, -0.25) is 4.98 Å². The Morgan fingerprint density at radius 1 is 1.31 bits per heavy atom. The summed E-state index contributed by atoms with van der Waals surface area (Å²) in [6.45, 7) is 2.80. The van der Waals surface area contributed by atoms with E-state index in [1.807, 2.05) is 25.1 Å². The van der Waals surface area contributed by atoms with Crippen LogP contribution >= 0.6 is 15.9 Å². The van der Waals surface area contributed by atoms with E-state index in [0.29, 0.717) is 0 Å². The van der Waals surface area contributed by atoms with Crippen LogP contribution in [0.15, 0.2) is 41.3 Å². The molecule has 0 amide bonds. The zero-order valence-electron chi connectivity index (χ0n) is 8.94. The molecule has 0 radical (unpaired) electrons. The van der Waals surface area contributed by atoms with Crippen LogP contribution in [-0.4, -0.2) is 9.97 Å². The van der Waals surface area contributed by atoms with Crippen LogP contribution in [-0.2, 0) is 6.54 Å². The fraction of sp³-hybridized carbons (Fsp3) is 0.167. The van der Waals surface area contributed by atoms with E-state index in [9.17, 15) is 0 Å². The molecule has 0 saturated heterocycles. The van der Waals surface area contributed by atoms with Gasteiger partial charge in [0.05, 0.1) is 0 Å². The van der Waals surface area contributed by atoms with E-state index in [4.69, 9.17) is 0 Å². The van der Waals surface area contributed by atoms with Gasteiger partial charge in [0.2, 0.25) is 0 Å². The predicted molar refractivity (Wildman–Crippen MR) is 68.2 cm³/mol. The van der Waals surface area contributed by atoms with Gasteiger partial charge in [-0.2, -0.15) is 0 Å². The lowest BCUT2D eigenvalue weighted by Crippen LogP contribution is -2.02. The van der Waals surface area contributed by atoms with Crippen molar-refractivity contribution < 1.29 is 0 Å². The summed E-state index contributed by atoms with van der Waals surface area (Å²) >= 11 is 3.39. The second kappa shape index (κ2) is 5.07. The molecule has 82 valence electrons. The van der Waals surface area contributed by atoms with E-state index in [1.165, 1.54) is 5.56 Å². The minimum Gasteiger partial charge on any atom is -0.366 e. The van der Waals surface area contributed by atoms with Gasteiger partial charge in [-0.15, -0.1) is 0 Å². The standard InChI is InChI=1S/C12H12BrN3/c1-9-6-11(13)8-16-12(9)15-7-10-2-4-14-5-3-10/h2-6,8H,7H2,1H3,(H,15,16). The third kappa shape index (κ3) is 2.79. The van der Waals surface area contributed by atoms with Gasteiger partial charge in [0.25, 0.3) is 0 Å². The topological polar surface area (TPSA) is 37.8 Å². The summed E-state index contributed by atoms with van der Waals surface area (Å²) in [6, 6.07) is 6.02. The average molecular weight is 278 g/mol. The highest BCUT2D eigenvalue weighted by Gasteiger charge is 2.00. The number of nitrogens with one attached hydrogen (secondary N) is 1. The number of rotatable bonds is 3. The van der Waals surface area contributed by atoms with Crippen LogP contribution in [0.25, 0.3) is 0 Å². The monoisotopic (exact) mass is 277 g/mol. The number of halogens is 1. The first-order valence-electron chi connectivity index (χ1n) is 5.00. The highest BCUT2D eigenvalue weighted by Crippen LogP contribution is 2.17. The lowest BCUT2D eigenvalue weighted by atomic mass is 10.2. The van der Waals surface area contributed by atoms with Crippen LogP contribution in [0.4, 0.5) is 5.82 Å². The second-order valence-corrected chi connectivity index (χ2v) is 4.44. The number of aryl methyl sites for hydroxylation is 1. The van der Waals surface area contributed by atoms with Crippen molar-refractivity contribution in [2.75, 3.05) is 5.32 Å². The molecule has 0 bridgehead atoms. The average Bonchev–Trinajstić information content (AvgIpc) is 2.29. The number of pyridine rings is 2. The van der Waals surface area contributed by atoms with Crippen molar-refractivity contribution in [2.24, 2.45) is 0 Å². The molecular formula is C12H12BrN3. The van der Waals surface area contributed by atoms with Gasteiger partial charge in [-0.25, -0.2) is 4.98 Å². The maximum absolute atomic E-state index is 4.32. The summed E-state index contributed by atoms with van der Waals surface area (Å²) in [5.41, 5.74) is 2.32. The molecule has 16 heavy (non-hydrogen) atoms. The van der Waals surface area contributed by atoms with Crippen molar-refractivity contribution in [3.8, 4) is 0 Å². The van der Waals surface area contributed by atoms with Gasteiger partial charge >= 0.3 is 0 Å². The first kappa shape index (κ1) is 11.1. The van der Waals surface area contributed by atoms with E-state index >= 15 is 0 Å². The lowest BCUT2D eigenvalue weighted by molar-refractivity contribution is 1.08. The zero-order valence-corrected chi connectivity index (χ0v) is 10.5. The van der Waals surface area contributed by atoms with Gasteiger partial charge in [0, 0.05) is 29.6 Å². The maximum atomic E-state index is 4.32. The fourth-order valence-electron chi connectivity index (χ4n) is 1.41. The molecule has 3 nitrogen and oxygen atoms in total. The summed E-state index contributed by atoms with van der Waals surface area (Å²) in [6.07, 6.45) is 5.37. The third-order valence-corrected chi connectivity index (χ3v) is 2.69. The highest BCUT2D eigenvalue weighted by molar-refractivity contribution is 9.10. The van der Waals surface area contributed by atoms with Crippen molar-refractivity contribution in [1.82, 2.24) is 9.97 Å². The molecule has 2 heterocycles. The van der Waals surface area contributed by atoms with Crippen LogP contribution in [0.1, 0.15) is 11.1 Å². The number of nitrogens with zero attached hydrogens (tertiary/aromatic N) is 2. The quantitative estimate of drug-likeness (QED) is 0.937. The Morgan fingerprint density at radius 3 is 2.75 bits per heavy atom. The Bertz CT molecular complexity index is 471. The van der Waals surface area contributed by atoms with Crippen molar-refractivity contribution in [3.63, 3.8) is 0 Å². The molecular weight excluding hydrogens is 266 g/mol. The van der Waals surface area contributed by atoms with E-state index in [1.54, 1.807) is 18.6 Å². The second-order valence-electron chi connectivity index (χ2n) is 3.53. The largest absolute Gasteiger partial charge is 0.366 e. The first-order chi connectivity index (χ1) is 7.75. The Kier molecular flexibility index (Phi) is 3.51. The Hall–Kier alpha value is -1.42. The van der Waals surface area contributed by atoms with E-state index in [2.05, 4.69) is 31.2 Å². The van der Waals surface area contributed by atoms with Gasteiger partial charge in [0.1, 0.15) is 5.82 Å². The minimum atomic E-state index is 0.762. The zero-order chi connectivity index (χ0) is 11.4. The fourth-order valence-corrected chi connectivity index (χ4v) is 1.86. The number of hydrogen-bond acceptors (Lipinski definition) is 3. The van der Waals surface area contributed by atoms with Gasteiger partial charge in [-0.1, -0.05) is 0 Å². The maximum Gasteiger partial charge on any atom is 0.129 e. The molecule has 1 N–H and O–H groups in total. The third-order valence-electron chi connectivity index (χ3n) is 2.25. The molecule has 2 aromatic heterocycles. The van der Waals surface area contributed by atoms with Crippen LogP contribution in [0.3, 0.4) is 0 Å². The summed E-state index contributed by atoms with van der Waals surface area (Å²) in [5, 5.41) is 3.30. The van der Waals surface area contributed by atoms with Crippen molar-refractivity contribution >= 4 is 21.7 Å². The summed E-state index contributed by atoms with van der Waals surface area (Å²) in [4.78, 5) is 8.30. The SMILES string of the molecule is Cc1cc(Br)cnc1NCc1ccncc1. The molecule has 2 rings (SSSR count). The highest BCUT2D eigenvalue weighted by atomic mass is 79.9. The van der Waals surface area contributed by atoms with Crippen LogP contribution < -0.4 is 5.32 Å². The van der Waals surface area contributed by atoms with Crippen molar-refractivity contribution in [1.29, 1.82) is 0 Å². The summed E-state index contributed by atoms with van der Waals surface area (Å²) < 4.78 is 1.000. The Labute approximate surface area is 103 Å². The number of hydrogen-bond donors (Lipinski definition) is 1. The van der Waals surface area contributed by atoms with E-state index < -0.39 is 0 Å². The van der Waals surface area contributed by atoms with Crippen molar-refractivity contribution in [2.45, 2.75) is 13.5 Å². The minimum absolute atomic E-state index is 0.762. The molecule has 0 aliphatic rings. The number of anilines is 1. The first-order valence-corrected chi connectivity index (χ1v) is 5.80. The predicted octanol–water partition coefficient (Wildman–Crippen LogP) is 3.16. The molecule has 0 aromatic carbocycles. The molecule has 2 aromatic rings. The molecule has 0 fully saturated rings. The summed E-state index contributed by atoms with van der Waals surface area (Å²) in [7, 11) is 0. The van der Waals surface area contributed by atoms with Crippen LogP contribution in [0.5, 0.6) is 0 Å². The molecule has 0 aliphatic carbocycles. The Balaban J connectivity index is 2.05. The van der Waals surface area contributed by atoms with Crippen LogP contribution in [0, 0.1) is 6.92 Å². The van der Waals surface area contributed by atoms with Gasteiger partial charge in [-0.05, 0) is 52.2 Å². The van der Waals surface area contributed by atoms with E-state index in [-0.39, 0.29) is 0 Å². The Morgan fingerprint density at radius 2 is 2.06 bits per heavy atom. The van der Waals surface area contributed by atoms with E-state index in [0.717, 1.165) is 22.4 Å². The normalized spacial score (nSPS) is 10.1. The molecule has 0 aliphatic heterocycles. The van der Waals surface area contributed by atoms with Gasteiger partial charge < -0.3 is 5.32 Å². The molecule has 0 saturated carbocycles. The molecule has 0 unspecified atom stereocenters. The van der Waals surface area contributed by atoms with Gasteiger partial charge in [0.15, 0.2) is 0 Å². The summed E-state index contributed by atoms with van der Waals surface area (Å²) in [5.74, 6) is 0.917. The molecule has 4 heteroatoms. The number of aromatic nitrogens is 2. The molecule has 0 atom stereocenters.